The average molecular weight is 517 g/mol. The van der Waals surface area contributed by atoms with Gasteiger partial charge in [-0.3, -0.25) is 9.59 Å². The summed E-state index contributed by atoms with van der Waals surface area (Å²) < 4.78 is 0. The molecule has 2 fully saturated rings. The number of hydrogen-bond acceptors (Lipinski definition) is 7. The van der Waals surface area contributed by atoms with Crippen molar-refractivity contribution in [3.63, 3.8) is 0 Å². The quantitative estimate of drug-likeness (QED) is 0.353. The van der Waals surface area contributed by atoms with E-state index in [2.05, 4.69) is 74.4 Å². The molecule has 3 atom stereocenters. The van der Waals surface area contributed by atoms with Gasteiger partial charge in [0, 0.05) is 49.3 Å². The van der Waals surface area contributed by atoms with Gasteiger partial charge in [0.25, 0.3) is 5.91 Å². The lowest BCUT2D eigenvalue weighted by Crippen LogP contribution is -2.54. The van der Waals surface area contributed by atoms with Gasteiger partial charge in [0.05, 0.1) is 0 Å². The van der Waals surface area contributed by atoms with Crippen LogP contribution in [-0.4, -0.2) is 94.1 Å². The van der Waals surface area contributed by atoms with Crippen LogP contribution in [0.1, 0.15) is 46.7 Å². The minimum atomic E-state index is -0.559. The van der Waals surface area contributed by atoms with Gasteiger partial charge < -0.3 is 20.4 Å². The number of nitrogens with zero attached hydrogens (tertiary/aromatic N) is 5. The number of H-pyrrole nitrogens is 1. The Balaban J connectivity index is 1.16. The van der Waals surface area contributed by atoms with Gasteiger partial charge in [0.2, 0.25) is 11.7 Å². The predicted molar refractivity (Wildman–Crippen MR) is 145 cm³/mol. The topological polar surface area (TPSA) is 119 Å². The molecule has 10 nitrogen and oxygen atoms in total. The van der Waals surface area contributed by atoms with Crippen molar-refractivity contribution in [1.82, 2.24) is 41.1 Å². The maximum atomic E-state index is 13.4. The van der Waals surface area contributed by atoms with E-state index >= 15 is 0 Å². The third kappa shape index (κ3) is 6.43. The van der Waals surface area contributed by atoms with E-state index in [1.165, 1.54) is 11.1 Å². The maximum Gasteiger partial charge on any atom is 0.251 e. The Bertz CT molecular complexity index is 1200. The Morgan fingerprint density at radius 1 is 1.05 bits per heavy atom. The summed E-state index contributed by atoms with van der Waals surface area (Å²) in [6, 6.07) is 15.7. The monoisotopic (exact) mass is 516 g/mol. The molecule has 5 rings (SSSR count). The van der Waals surface area contributed by atoms with Crippen molar-refractivity contribution in [3.05, 3.63) is 65.2 Å². The second kappa shape index (κ2) is 11.8. The van der Waals surface area contributed by atoms with Crippen LogP contribution in [0.15, 0.2) is 48.5 Å². The molecule has 2 aromatic carbocycles. The van der Waals surface area contributed by atoms with Crippen molar-refractivity contribution in [2.45, 2.75) is 44.2 Å². The van der Waals surface area contributed by atoms with Crippen LogP contribution >= 0.6 is 0 Å². The molecule has 1 aromatic heterocycles. The molecule has 0 bridgehead atoms. The van der Waals surface area contributed by atoms with Gasteiger partial charge >= 0.3 is 0 Å². The number of aromatic amines is 1. The zero-order chi connectivity index (χ0) is 26.5. The van der Waals surface area contributed by atoms with Crippen molar-refractivity contribution in [2.24, 2.45) is 0 Å². The van der Waals surface area contributed by atoms with Crippen LogP contribution in [0.4, 0.5) is 0 Å². The Kier molecular flexibility index (Phi) is 8.09. The lowest BCUT2D eigenvalue weighted by atomic mass is 10.1. The maximum absolute atomic E-state index is 13.4. The number of carbonyl (C=O) groups is 2. The fraction of sp³-hybridized carbons (Fsp3) is 0.464. The zero-order valence-corrected chi connectivity index (χ0v) is 22.1. The lowest BCUT2D eigenvalue weighted by molar-refractivity contribution is -0.135. The first-order chi connectivity index (χ1) is 18.5. The van der Waals surface area contributed by atoms with E-state index in [1.807, 2.05) is 4.90 Å². The minimum Gasteiger partial charge on any atom is -0.340 e. The number of carbonyl (C=O) groups excluding carboxylic acids is 2. The number of hydrogen-bond donors (Lipinski definition) is 3. The Morgan fingerprint density at radius 3 is 2.47 bits per heavy atom. The van der Waals surface area contributed by atoms with Crippen molar-refractivity contribution in [2.75, 3.05) is 39.8 Å². The highest BCUT2D eigenvalue weighted by atomic mass is 16.2. The van der Waals surface area contributed by atoms with Gasteiger partial charge in [-0.25, -0.2) is 0 Å². The summed E-state index contributed by atoms with van der Waals surface area (Å²) in [6.07, 6.45) is 2.54. The van der Waals surface area contributed by atoms with Crippen LogP contribution in [0, 0.1) is 6.92 Å². The molecule has 3 aromatic rings. The van der Waals surface area contributed by atoms with Crippen molar-refractivity contribution in [1.29, 1.82) is 0 Å². The molecule has 2 aliphatic rings. The molecular formula is C28H36N8O2. The summed E-state index contributed by atoms with van der Waals surface area (Å²) in [4.78, 5) is 30.6. The van der Waals surface area contributed by atoms with Gasteiger partial charge in [-0.05, 0) is 62.7 Å². The van der Waals surface area contributed by atoms with E-state index in [0.717, 1.165) is 38.0 Å². The van der Waals surface area contributed by atoms with E-state index in [0.29, 0.717) is 42.9 Å². The first kappa shape index (κ1) is 26.0. The van der Waals surface area contributed by atoms with Gasteiger partial charge in [-0.2, -0.15) is 5.21 Å². The van der Waals surface area contributed by atoms with Crippen LogP contribution in [0.2, 0.25) is 0 Å². The van der Waals surface area contributed by atoms with Crippen LogP contribution < -0.4 is 10.6 Å². The normalized spacial score (nSPS) is 20.2. The van der Waals surface area contributed by atoms with Gasteiger partial charge in [-0.15, -0.1) is 10.2 Å². The molecule has 3 N–H and O–H groups in total. The number of nitrogens with one attached hydrogen (secondary N) is 3. The summed E-state index contributed by atoms with van der Waals surface area (Å²) >= 11 is 0. The van der Waals surface area contributed by atoms with Crippen LogP contribution in [-0.2, 0) is 4.79 Å². The molecule has 2 amide bonds. The molecule has 0 radical (unpaired) electrons. The first-order valence-corrected chi connectivity index (χ1v) is 13.4. The SMILES string of the molecule is Cc1ccc([C@@H]2C[C@H]2NCCC[C@H](NC(=O)c2ccc(-c3nn[nH]n3)cc2)C(=O)N2CCN(C)CC2)cc1. The van der Waals surface area contributed by atoms with Crippen LogP contribution in [0.3, 0.4) is 0 Å². The summed E-state index contributed by atoms with van der Waals surface area (Å²) in [6.45, 7) is 5.96. The molecule has 0 spiro atoms. The molecule has 1 aliphatic heterocycles. The molecular weight excluding hydrogens is 480 g/mol. The number of aryl methyl sites for hydroxylation is 1. The number of piperazine rings is 1. The molecule has 0 unspecified atom stereocenters. The second-order valence-corrected chi connectivity index (χ2v) is 10.4. The highest BCUT2D eigenvalue weighted by molar-refractivity contribution is 5.97. The number of tetrazole rings is 1. The van der Waals surface area contributed by atoms with E-state index in [9.17, 15) is 9.59 Å². The summed E-state index contributed by atoms with van der Waals surface area (Å²) in [5.41, 5.74) is 3.91. The molecule has 1 saturated heterocycles. The number of amides is 2. The molecule has 2 heterocycles. The fourth-order valence-electron chi connectivity index (χ4n) is 5.00. The molecule has 1 aliphatic carbocycles. The average Bonchev–Trinajstić information content (AvgIpc) is 3.49. The number of rotatable bonds is 10. The highest BCUT2D eigenvalue weighted by Gasteiger charge is 2.37. The van der Waals surface area contributed by atoms with Gasteiger partial charge in [-0.1, -0.05) is 42.0 Å². The number of likely N-dealkylation sites (N-methyl/N-ethyl adjacent to an activating group) is 1. The van der Waals surface area contributed by atoms with Gasteiger partial charge in [0.15, 0.2) is 0 Å². The van der Waals surface area contributed by atoms with Gasteiger partial charge in [0.1, 0.15) is 6.04 Å². The second-order valence-electron chi connectivity index (χ2n) is 10.4. The lowest BCUT2D eigenvalue weighted by Gasteiger charge is -2.34. The van der Waals surface area contributed by atoms with Crippen LogP contribution in [0.25, 0.3) is 11.4 Å². The number of benzene rings is 2. The third-order valence-corrected chi connectivity index (χ3v) is 7.54. The predicted octanol–water partition coefficient (Wildman–Crippen LogP) is 1.97. The smallest absolute Gasteiger partial charge is 0.251 e. The Labute approximate surface area is 223 Å². The number of aromatic nitrogens is 4. The largest absolute Gasteiger partial charge is 0.340 e. The fourth-order valence-corrected chi connectivity index (χ4v) is 5.00. The van der Waals surface area contributed by atoms with Crippen molar-refractivity contribution in [3.8, 4) is 11.4 Å². The summed E-state index contributed by atoms with van der Waals surface area (Å²) in [7, 11) is 2.06. The highest BCUT2D eigenvalue weighted by Crippen LogP contribution is 2.40. The summed E-state index contributed by atoms with van der Waals surface area (Å²) in [5.74, 6) is 0.770. The van der Waals surface area contributed by atoms with E-state index in [-0.39, 0.29) is 11.8 Å². The molecule has 200 valence electrons. The van der Waals surface area contributed by atoms with Crippen molar-refractivity contribution < 1.29 is 9.59 Å². The Morgan fingerprint density at radius 2 is 1.79 bits per heavy atom. The van der Waals surface area contributed by atoms with E-state index in [4.69, 9.17) is 0 Å². The van der Waals surface area contributed by atoms with E-state index in [1.54, 1.807) is 24.3 Å². The standard InChI is InChI=1S/C28H36N8O2/c1-19-5-7-20(8-6-19)23-18-25(23)29-13-3-4-24(28(38)36-16-14-35(2)15-17-36)30-27(37)22-11-9-21(10-12-22)26-31-33-34-32-26/h5-12,23-25,29H,3-4,13-18H2,1-2H3,(H,30,37)(H,31,32,33,34)/t23-,24-,25+/m0/s1. The Hall–Kier alpha value is -3.63. The first-order valence-electron chi connectivity index (χ1n) is 13.4. The third-order valence-electron chi connectivity index (χ3n) is 7.54. The molecule has 38 heavy (non-hydrogen) atoms. The van der Waals surface area contributed by atoms with Crippen molar-refractivity contribution >= 4 is 11.8 Å². The molecule has 10 heteroatoms. The van der Waals surface area contributed by atoms with Crippen LogP contribution in [0.5, 0.6) is 0 Å². The molecule has 1 saturated carbocycles. The minimum absolute atomic E-state index is 0.00109. The zero-order valence-electron chi connectivity index (χ0n) is 22.1. The van der Waals surface area contributed by atoms with E-state index < -0.39 is 6.04 Å². The summed E-state index contributed by atoms with van der Waals surface area (Å²) in [5, 5.41) is 20.6.